The first-order valence-corrected chi connectivity index (χ1v) is 14.4. The third kappa shape index (κ3) is 6.66. The van der Waals surface area contributed by atoms with E-state index in [4.69, 9.17) is 14.6 Å². The van der Waals surface area contributed by atoms with Crippen LogP contribution in [0.1, 0.15) is 32.3 Å². The summed E-state index contributed by atoms with van der Waals surface area (Å²) in [6.45, 7) is 4.64. The molecule has 208 valence electrons. The van der Waals surface area contributed by atoms with Crippen molar-refractivity contribution in [3.05, 3.63) is 107 Å². The summed E-state index contributed by atoms with van der Waals surface area (Å²) in [5.41, 5.74) is 5.97. The molecule has 0 radical (unpaired) electrons. The second-order valence-electron chi connectivity index (χ2n) is 9.43. The molecule has 7 nitrogen and oxygen atoms in total. The van der Waals surface area contributed by atoms with E-state index in [1.165, 1.54) is 0 Å². The molecule has 5 aromatic rings. The van der Waals surface area contributed by atoms with E-state index in [0.717, 1.165) is 49.9 Å². The number of nitrogens with zero attached hydrogens (tertiary/aromatic N) is 3. The lowest BCUT2D eigenvalue weighted by Crippen LogP contribution is -2.35. The van der Waals surface area contributed by atoms with Crippen molar-refractivity contribution in [3.8, 4) is 28.4 Å². The molecule has 8 heteroatoms. The molecule has 1 unspecified atom stereocenters. The fourth-order valence-electron chi connectivity index (χ4n) is 4.37. The summed E-state index contributed by atoms with van der Waals surface area (Å²) in [7, 11) is 0. The van der Waals surface area contributed by atoms with Crippen LogP contribution < -0.4 is 14.9 Å². The van der Waals surface area contributed by atoms with E-state index in [1.54, 1.807) is 10.9 Å². The Morgan fingerprint density at radius 3 is 2.51 bits per heavy atom. The second-order valence-corrected chi connectivity index (χ2v) is 10.2. The van der Waals surface area contributed by atoms with Gasteiger partial charge in [-0.2, -0.15) is 10.2 Å². The van der Waals surface area contributed by atoms with Gasteiger partial charge < -0.3 is 9.47 Å². The maximum Gasteiger partial charge on any atom is 0.281 e. The van der Waals surface area contributed by atoms with Crippen LogP contribution in [0.5, 0.6) is 11.5 Å². The number of carbonyl (C=O) groups excluding carboxylic acids is 1. The third-order valence-electron chi connectivity index (χ3n) is 6.50. The number of rotatable bonds is 11. The van der Waals surface area contributed by atoms with Crippen LogP contribution in [0.4, 0.5) is 0 Å². The predicted molar refractivity (Wildman–Crippen MR) is 167 cm³/mol. The highest BCUT2D eigenvalue weighted by molar-refractivity contribution is 9.10. The number of ether oxygens (including phenoxy) is 2. The predicted octanol–water partition coefficient (Wildman–Crippen LogP) is 7.55. The molecule has 1 amide bonds. The van der Waals surface area contributed by atoms with E-state index < -0.39 is 6.10 Å². The Bertz CT molecular complexity index is 1650. The van der Waals surface area contributed by atoms with Crippen molar-refractivity contribution in [2.75, 3.05) is 6.61 Å². The maximum absolute atomic E-state index is 13.0. The van der Waals surface area contributed by atoms with Crippen LogP contribution in [-0.4, -0.2) is 34.6 Å². The zero-order chi connectivity index (χ0) is 28.6. The summed E-state index contributed by atoms with van der Waals surface area (Å²) in [4.78, 5) is 13.0. The van der Waals surface area contributed by atoms with Crippen molar-refractivity contribution >= 4 is 38.8 Å². The van der Waals surface area contributed by atoms with E-state index in [1.807, 2.05) is 104 Å². The molecule has 1 heterocycles. The van der Waals surface area contributed by atoms with Gasteiger partial charge in [0.2, 0.25) is 0 Å². The zero-order valence-electron chi connectivity index (χ0n) is 23.0. The topological polar surface area (TPSA) is 77.7 Å². The van der Waals surface area contributed by atoms with Gasteiger partial charge in [0.1, 0.15) is 17.2 Å². The van der Waals surface area contributed by atoms with Crippen LogP contribution in [0.25, 0.3) is 27.7 Å². The first-order chi connectivity index (χ1) is 20.1. The Labute approximate surface area is 247 Å². The van der Waals surface area contributed by atoms with Crippen LogP contribution in [0, 0.1) is 0 Å². The Morgan fingerprint density at radius 2 is 1.76 bits per heavy atom. The Kier molecular flexibility index (Phi) is 9.11. The number of para-hydroxylation sites is 1. The number of benzene rings is 4. The summed E-state index contributed by atoms with van der Waals surface area (Å²) in [5.74, 6) is 1.08. The Hall–Kier alpha value is -4.43. The first kappa shape index (κ1) is 28.1. The lowest BCUT2D eigenvalue weighted by Gasteiger charge is -2.17. The SMILES string of the molecule is CCCOc1ccc(-c2nn(-c3ccccc3)cc2C=NNC(=O)C(CC)Oc2ccc3ccccc3c2Br)cc1. The van der Waals surface area contributed by atoms with Crippen LogP contribution in [0.3, 0.4) is 0 Å². The van der Waals surface area contributed by atoms with Crippen molar-refractivity contribution < 1.29 is 14.3 Å². The standard InChI is InChI=1S/C33H31BrN4O3/c1-3-20-40-27-17-14-24(15-18-27)32-25(22-38(37-32)26-11-6-5-7-12-26)21-35-36-33(39)29(4-2)41-30-19-16-23-10-8-9-13-28(23)31(30)34/h5-19,21-22,29H,3-4,20H2,1-2H3,(H,36,39). The summed E-state index contributed by atoms with van der Waals surface area (Å²) in [5, 5.41) is 11.2. The van der Waals surface area contributed by atoms with E-state index in [0.29, 0.717) is 18.8 Å². The normalized spacial score (nSPS) is 12.0. The van der Waals surface area contributed by atoms with Crippen molar-refractivity contribution in [2.24, 2.45) is 5.10 Å². The molecular weight excluding hydrogens is 580 g/mol. The van der Waals surface area contributed by atoms with Gasteiger partial charge in [-0.1, -0.05) is 62.4 Å². The van der Waals surface area contributed by atoms with Gasteiger partial charge >= 0.3 is 0 Å². The average Bonchev–Trinajstić information content (AvgIpc) is 3.44. The minimum Gasteiger partial charge on any atom is -0.494 e. The van der Waals surface area contributed by atoms with E-state index >= 15 is 0 Å². The largest absolute Gasteiger partial charge is 0.494 e. The summed E-state index contributed by atoms with van der Waals surface area (Å²) in [6, 6.07) is 29.5. The Balaban J connectivity index is 1.35. The van der Waals surface area contributed by atoms with Gasteiger partial charge in [-0.15, -0.1) is 0 Å². The van der Waals surface area contributed by atoms with E-state index in [2.05, 4.69) is 33.4 Å². The van der Waals surface area contributed by atoms with Crippen LogP contribution >= 0.6 is 15.9 Å². The molecule has 41 heavy (non-hydrogen) atoms. The van der Waals surface area contributed by atoms with Gasteiger partial charge in [0.05, 0.1) is 23.0 Å². The quantitative estimate of drug-likeness (QED) is 0.124. The number of halogens is 1. The van der Waals surface area contributed by atoms with Gasteiger partial charge in [-0.05, 0) is 82.0 Å². The molecule has 0 aliphatic carbocycles. The summed E-state index contributed by atoms with van der Waals surface area (Å²) in [6.07, 6.45) is 4.21. The van der Waals surface area contributed by atoms with Crippen molar-refractivity contribution in [3.63, 3.8) is 0 Å². The second kappa shape index (κ2) is 13.3. The number of hydrazone groups is 1. The highest BCUT2D eigenvalue weighted by atomic mass is 79.9. The molecular formula is C33H31BrN4O3. The number of nitrogens with one attached hydrogen (secondary N) is 1. The van der Waals surface area contributed by atoms with Crippen LogP contribution in [-0.2, 0) is 4.79 Å². The van der Waals surface area contributed by atoms with Crippen molar-refractivity contribution in [1.82, 2.24) is 15.2 Å². The molecule has 0 saturated carbocycles. The lowest BCUT2D eigenvalue weighted by molar-refractivity contribution is -0.128. The van der Waals surface area contributed by atoms with Crippen LogP contribution in [0.2, 0.25) is 0 Å². The van der Waals surface area contributed by atoms with Gasteiger partial charge in [0.15, 0.2) is 6.10 Å². The molecule has 1 N–H and O–H groups in total. The number of amides is 1. The molecule has 0 aliphatic heterocycles. The average molecular weight is 612 g/mol. The number of fused-ring (bicyclic) bond motifs is 1. The zero-order valence-corrected chi connectivity index (χ0v) is 24.5. The molecule has 0 saturated heterocycles. The lowest BCUT2D eigenvalue weighted by atomic mass is 10.1. The van der Waals surface area contributed by atoms with E-state index in [9.17, 15) is 4.79 Å². The minimum atomic E-state index is -0.716. The minimum absolute atomic E-state index is 0.335. The highest BCUT2D eigenvalue weighted by Crippen LogP contribution is 2.34. The van der Waals surface area contributed by atoms with Crippen molar-refractivity contribution in [2.45, 2.75) is 32.8 Å². The number of hydrogen-bond acceptors (Lipinski definition) is 5. The molecule has 5 rings (SSSR count). The fraction of sp³-hybridized carbons (Fsp3) is 0.182. The number of hydrogen-bond donors (Lipinski definition) is 1. The third-order valence-corrected chi connectivity index (χ3v) is 7.32. The molecule has 0 spiro atoms. The Morgan fingerprint density at radius 1 is 1.00 bits per heavy atom. The highest BCUT2D eigenvalue weighted by Gasteiger charge is 2.20. The van der Waals surface area contributed by atoms with Gasteiger partial charge in [-0.3, -0.25) is 4.79 Å². The van der Waals surface area contributed by atoms with Gasteiger partial charge in [0.25, 0.3) is 5.91 Å². The fourth-order valence-corrected chi connectivity index (χ4v) is 4.95. The molecule has 0 aliphatic rings. The summed E-state index contributed by atoms with van der Waals surface area (Å²) < 4.78 is 14.4. The number of carbonyl (C=O) groups is 1. The molecule has 4 aromatic carbocycles. The van der Waals surface area contributed by atoms with E-state index in [-0.39, 0.29) is 5.91 Å². The van der Waals surface area contributed by atoms with Gasteiger partial charge in [0, 0.05) is 17.3 Å². The smallest absolute Gasteiger partial charge is 0.281 e. The van der Waals surface area contributed by atoms with Crippen molar-refractivity contribution in [1.29, 1.82) is 0 Å². The van der Waals surface area contributed by atoms with Gasteiger partial charge in [-0.25, -0.2) is 10.1 Å². The maximum atomic E-state index is 13.0. The first-order valence-electron chi connectivity index (χ1n) is 13.6. The molecule has 0 bridgehead atoms. The summed E-state index contributed by atoms with van der Waals surface area (Å²) >= 11 is 3.64. The molecule has 0 fully saturated rings. The molecule has 1 atom stereocenters. The monoisotopic (exact) mass is 610 g/mol. The number of aromatic nitrogens is 2. The van der Waals surface area contributed by atoms with Crippen LogP contribution in [0.15, 0.2) is 107 Å². The molecule has 1 aromatic heterocycles.